The van der Waals surface area contributed by atoms with Gasteiger partial charge >= 0.3 is 0 Å². The average Bonchev–Trinajstić information content (AvgIpc) is 2.38. The summed E-state index contributed by atoms with van der Waals surface area (Å²) in [5.41, 5.74) is 0.615. The molecule has 0 saturated heterocycles. The molecular formula is C14H20ClNO2. The zero-order valence-electron chi connectivity index (χ0n) is 10.7. The molecule has 3 nitrogen and oxygen atoms in total. The molecule has 1 amide bonds. The highest BCUT2D eigenvalue weighted by atomic mass is 35.5. The number of aliphatic hydroxyl groups is 1. The Kier molecular flexibility index (Phi) is 6.76. The minimum atomic E-state index is -0.0446. The minimum Gasteiger partial charge on any atom is -0.395 e. The van der Waals surface area contributed by atoms with Crippen LogP contribution in [0.15, 0.2) is 24.3 Å². The minimum absolute atomic E-state index is 0.00848. The van der Waals surface area contributed by atoms with Gasteiger partial charge in [-0.15, -0.1) is 0 Å². The maximum atomic E-state index is 12.2. The van der Waals surface area contributed by atoms with Crippen LogP contribution in [0, 0.1) is 0 Å². The Morgan fingerprint density at radius 2 is 1.89 bits per heavy atom. The molecule has 18 heavy (non-hydrogen) atoms. The molecule has 0 radical (unpaired) electrons. The lowest BCUT2D eigenvalue weighted by Gasteiger charge is -2.21. The van der Waals surface area contributed by atoms with Gasteiger partial charge in [-0.05, 0) is 30.7 Å². The van der Waals surface area contributed by atoms with Gasteiger partial charge in [0.05, 0.1) is 6.61 Å². The van der Waals surface area contributed by atoms with E-state index in [-0.39, 0.29) is 12.5 Å². The van der Waals surface area contributed by atoms with Crippen molar-refractivity contribution >= 4 is 17.5 Å². The molecule has 0 unspecified atom stereocenters. The Morgan fingerprint density at radius 1 is 1.22 bits per heavy atom. The molecule has 1 N–H and O–H groups in total. The van der Waals surface area contributed by atoms with Crippen LogP contribution < -0.4 is 0 Å². The molecule has 0 atom stereocenters. The lowest BCUT2D eigenvalue weighted by molar-refractivity contribution is 0.0718. The third-order valence-electron chi connectivity index (χ3n) is 2.78. The number of carbonyl (C=O) groups excluding carboxylic acids is 1. The van der Waals surface area contributed by atoms with Crippen LogP contribution in [0.25, 0.3) is 0 Å². The Hall–Kier alpha value is -1.06. The molecule has 0 saturated carbocycles. The van der Waals surface area contributed by atoms with Crippen molar-refractivity contribution in [2.24, 2.45) is 0 Å². The number of hydrogen-bond acceptors (Lipinski definition) is 2. The molecule has 0 aliphatic heterocycles. The topological polar surface area (TPSA) is 40.5 Å². The normalized spacial score (nSPS) is 10.4. The van der Waals surface area contributed by atoms with E-state index in [1.807, 2.05) is 0 Å². The Bertz CT molecular complexity index is 365. The third-order valence-corrected chi connectivity index (χ3v) is 3.03. The smallest absolute Gasteiger partial charge is 0.253 e. The summed E-state index contributed by atoms with van der Waals surface area (Å²) in [6.45, 7) is 3.18. The van der Waals surface area contributed by atoms with Crippen molar-refractivity contribution in [3.8, 4) is 0 Å². The lowest BCUT2D eigenvalue weighted by Crippen LogP contribution is -2.34. The largest absolute Gasteiger partial charge is 0.395 e. The van der Waals surface area contributed by atoms with Crippen LogP contribution in [0.5, 0.6) is 0 Å². The number of rotatable bonds is 7. The second-order valence-corrected chi connectivity index (χ2v) is 4.67. The number of amides is 1. The number of unbranched alkanes of at least 4 members (excludes halogenated alkanes) is 2. The average molecular weight is 270 g/mol. The van der Waals surface area contributed by atoms with Gasteiger partial charge in [0, 0.05) is 23.7 Å². The van der Waals surface area contributed by atoms with Gasteiger partial charge in [0.25, 0.3) is 5.91 Å². The van der Waals surface area contributed by atoms with Gasteiger partial charge in [0.2, 0.25) is 0 Å². The van der Waals surface area contributed by atoms with Crippen LogP contribution in [-0.4, -0.2) is 35.6 Å². The summed E-state index contributed by atoms with van der Waals surface area (Å²) >= 11 is 5.79. The van der Waals surface area contributed by atoms with Crippen molar-refractivity contribution in [1.82, 2.24) is 4.90 Å². The predicted molar refractivity (Wildman–Crippen MR) is 74.0 cm³/mol. The van der Waals surface area contributed by atoms with Crippen LogP contribution in [0.3, 0.4) is 0 Å². The summed E-state index contributed by atoms with van der Waals surface area (Å²) < 4.78 is 0. The SMILES string of the molecule is CCCCCN(CCO)C(=O)c1ccc(Cl)cc1. The summed E-state index contributed by atoms with van der Waals surface area (Å²) in [4.78, 5) is 13.9. The Morgan fingerprint density at radius 3 is 2.44 bits per heavy atom. The lowest BCUT2D eigenvalue weighted by atomic mass is 10.2. The quantitative estimate of drug-likeness (QED) is 0.773. The van der Waals surface area contributed by atoms with Crippen LogP contribution >= 0.6 is 11.6 Å². The van der Waals surface area contributed by atoms with Gasteiger partial charge in [-0.1, -0.05) is 31.4 Å². The first kappa shape index (κ1) is 15.0. The molecule has 1 aromatic rings. The van der Waals surface area contributed by atoms with Gasteiger partial charge in [-0.25, -0.2) is 0 Å². The molecule has 0 heterocycles. The molecule has 1 rings (SSSR count). The molecule has 0 spiro atoms. The molecule has 0 aliphatic carbocycles. The first-order chi connectivity index (χ1) is 8.69. The molecule has 0 aromatic heterocycles. The number of halogens is 1. The van der Waals surface area contributed by atoms with Crippen molar-refractivity contribution in [1.29, 1.82) is 0 Å². The summed E-state index contributed by atoms with van der Waals surface area (Å²) in [5, 5.41) is 9.63. The van der Waals surface area contributed by atoms with Gasteiger partial charge in [-0.2, -0.15) is 0 Å². The van der Waals surface area contributed by atoms with E-state index in [4.69, 9.17) is 16.7 Å². The van der Waals surface area contributed by atoms with Gasteiger partial charge in [0.1, 0.15) is 0 Å². The highest BCUT2D eigenvalue weighted by Gasteiger charge is 2.14. The second-order valence-electron chi connectivity index (χ2n) is 4.23. The van der Waals surface area contributed by atoms with E-state index in [9.17, 15) is 4.79 Å². The van der Waals surface area contributed by atoms with Gasteiger partial charge in [-0.3, -0.25) is 4.79 Å². The van der Waals surface area contributed by atoms with Crippen LogP contribution in [-0.2, 0) is 0 Å². The van der Waals surface area contributed by atoms with Crippen LogP contribution in [0.1, 0.15) is 36.5 Å². The first-order valence-electron chi connectivity index (χ1n) is 6.34. The summed E-state index contributed by atoms with van der Waals surface area (Å²) in [5.74, 6) is -0.0446. The van der Waals surface area contributed by atoms with E-state index >= 15 is 0 Å². The van der Waals surface area contributed by atoms with E-state index in [0.717, 1.165) is 19.3 Å². The van der Waals surface area contributed by atoms with Gasteiger partial charge in [0.15, 0.2) is 0 Å². The fourth-order valence-electron chi connectivity index (χ4n) is 1.76. The molecule has 0 bridgehead atoms. The molecule has 4 heteroatoms. The van der Waals surface area contributed by atoms with Crippen molar-refractivity contribution < 1.29 is 9.90 Å². The van der Waals surface area contributed by atoms with E-state index in [2.05, 4.69) is 6.92 Å². The first-order valence-corrected chi connectivity index (χ1v) is 6.72. The number of carbonyl (C=O) groups is 1. The highest BCUT2D eigenvalue weighted by molar-refractivity contribution is 6.30. The standard InChI is InChI=1S/C14H20ClNO2/c1-2-3-4-9-16(10-11-17)14(18)12-5-7-13(15)8-6-12/h5-8,17H,2-4,9-11H2,1H3. The number of aliphatic hydroxyl groups excluding tert-OH is 1. The fourth-order valence-corrected chi connectivity index (χ4v) is 1.89. The Labute approximate surface area is 113 Å². The maximum absolute atomic E-state index is 12.2. The van der Waals surface area contributed by atoms with E-state index in [1.165, 1.54) is 0 Å². The number of hydrogen-bond donors (Lipinski definition) is 1. The summed E-state index contributed by atoms with van der Waals surface area (Å²) in [6.07, 6.45) is 3.17. The molecule has 100 valence electrons. The van der Waals surface area contributed by atoms with E-state index < -0.39 is 0 Å². The molecule has 1 aromatic carbocycles. The highest BCUT2D eigenvalue weighted by Crippen LogP contribution is 2.12. The van der Waals surface area contributed by atoms with Crippen molar-refractivity contribution in [3.63, 3.8) is 0 Å². The number of nitrogens with zero attached hydrogens (tertiary/aromatic N) is 1. The second kappa shape index (κ2) is 8.11. The van der Waals surface area contributed by atoms with E-state index in [1.54, 1.807) is 29.2 Å². The third kappa shape index (κ3) is 4.67. The van der Waals surface area contributed by atoms with Gasteiger partial charge < -0.3 is 10.0 Å². The number of benzene rings is 1. The van der Waals surface area contributed by atoms with E-state index in [0.29, 0.717) is 23.7 Å². The maximum Gasteiger partial charge on any atom is 0.253 e. The molecule has 0 fully saturated rings. The fraction of sp³-hybridized carbons (Fsp3) is 0.500. The zero-order chi connectivity index (χ0) is 13.4. The van der Waals surface area contributed by atoms with Crippen LogP contribution in [0.4, 0.5) is 0 Å². The molecular weight excluding hydrogens is 250 g/mol. The Balaban J connectivity index is 2.66. The summed E-state index contributed by atoms with van der Waals surface area (Å²) in [6, 6.07) is 6.85. The monoisotopic (exact) mass is 269 g/mol. The molecule has 0 aliphatic rings. The van der Waals surface area contributed by atoms with Crippen molar-refractivity contribution in [2.45, 2.75) is 26.2 Å². The van der Waals surface area contributed by atoms with Crippen LogP contribution in [0.2, 0.25) is 5.02 Å². The van der Waals surface area contributed by atoms with Crippen molar-refractivity contribution in [2.75, 3.05) is 19.7 Å². The zero-order valence-corrected chi connectivity index (χ0v) is 11.5. The predicted octanol–water partition coefficient (Wildman–Crippen LogP) is 2.96. The van der Waals surface area contributed by atoms with Crippen molar-refractivity contribution in [3.05, 3.63) is 34.9 Å². The summed E-state index contributed by atoms with van der Waals surface area (Å²) in [7, 11) is 0.